The van der Waals surface area contributed by atoms with Gasteiger partial charge in [0.05, 0.1) is 0 Å². The highest BCUT2D eigenvalue weighted by Gasteiger charge is 2.17. The molecule has 0 aliphatic rings. The second kappa shape index (κ2) is 6.16. The Bertz CT molecular complexity index is 712. The first-order valence-corrected chi connectivity index (χ1v) is 8.89. The molecular weight excluding hydrogens is 364 g/mol. The molecule has 0 N–H and O–H groups in total. The molecule has 0 saturated carbocycles. The summed E-state index contributed by atoms with van der Waals surface area (Å²) >= 11 is 3.35. The summed E-state index contributed by atoms with van der Waals surface area (Å²) in [5.74, 6) is 0.258. The van der Waals surface area contributed by atoms with Gasteiger partial charge in [-0.25, -0.2) is 8.42 Å². The average Bonchev–Trinajstić information content (AvgIpc) is 2.38. The van der Waals surface area contributed by atoms with Gasteiger partial charge in [0.1, 0.15) is 17.3 Å². The summed E-state index contributed by atoms with van der Waals surface area (Å²) in [5, 5.41) is 0. The van der Waals surface area contributed by atoms with Gasteiger partial charge in [0.15, 0.2) is 0 Å². The van der Waals surface area contributed by atoms with Crippen molar-refractivity contribution in [3.8, 4) is 5.75 Å². The van der Waals surface area contributed by atoms with E-state index in [0.717, 1.165) is 15.6 Å². The van der Waals surface area contributed by atoms with Crippen LogP contribution >= 0.6 is 26.6 Å². The summed E-state index contributed by atoms with van der Waals surface area (Å²) in [5.41, 5.74) is 1.74. The fourth-order valence-corrected chi connectivity index (χ4v) is 2.99. The molecule has 0 unspecified atom stereocenters. The predicted molar refractivity (Wildman–Crippen MR) is 82.7 cm³/mol. The molecule has 0 radical (unpaired) electrons. The second-order valence-electron chi connectivity index (χ2n) is 4.30. The predicted octanol–water partition coefficient (Wildman–Crippen LogP) is 4.26. The number of aryl methyl sites for hydroxylation is 1. The number of hydrogen-bond acceptors (Lipinski definition) is 3. The van der Waals surface area contributed by atoms with Gasteiger partial charge in [-0.3, -0.25) is 0 Å². The zero-order valence-corrected chi connectivity index (χ0v) is 13.8. The molecule has 0 bridgehead atoms. The average molecular weight is 376 g/mol. The first kappa shape index (κ1) is 15.4. The van der Waals surface area contributed by atoms with Gasteiger partial charge in [0.25, 0.3) is 9.05 Å². The smallest absolute Gasteiger partial charge is 0.264 e. The van der Waals surface area contributed by atoms with Gasteiger partial charge in [-0.05, 0) is 42.3 Å². The second-order valence-corrected chi connectivity index (χ2v) is 7.75. The van der Waals surface area contributed by atoms with Crippen LogP contribution in [0.25, 0.3) is 0 Å². The molecule has 0 saturated heterocycles. The molecule has 20 heavy (non-hydrogen) atoms. The monoisotopic (exact) mass is 374 g/mol. The van der Waals surface area contributed by atoms with Crippen LogP contribution in [0.3, 0.4) is 0 Å². The number of halogens is 2. The van der Waals surface area contributed by atoms with E-state index in [9.17, 15) is 8.42 Å². The van der Waals surface area contributed by atoms with Crippen molar-refractivity contribution in [3.05, 3.63) is 58.1 Å². The summed E-state index contributed by atoms with van der Waals surface area (Å²) < 4.78 is 29.6. The lowest BCUT2D eigenvalue weighted by Crippen LogP contribution is -2.01. The maximum absolute atomic E-state index is 11.5. The summed E-state index contributed by atoms with van der Waals surface area (Å²) in [6.45, 7) is 2.07. The minimum Gasteiger partial charge on any atom is -0.487 e. The summed E-state index contributed by atoms with van der Waals surface area (Å²) in [6.07, 6.45) is 0. The Morgan fingerprint density at radius 3 is 2.40 bits per heavy atom. The van der Waals surface area contributed by atoms with Crippen LogP contribution in [0.5, 0.6) is 5.75 Å². The van der Waals surface area contributed by atoms with Crippen molar-refractivity contribution < 1.29 is 13.2 Å². The van der Waals surface area contributed by atoms with Crippen LogP contribution in [0.2, 0.25) is 0 Å². The maximum Gasteiger partial charge on any atom is 0.264 e. The van der Waals surface area contributed by atoms with E-state index in [1.165, 1.54) is 6.07 Å². The summed E-state index contributed by atoms with van der Waals surface area (Å²) in [7, 11) is 1.60. The van der Waals surface area contributed by atoms with Gasteiger partial charge in [0.2, 0.25) is 0 Å². The zero-order chi connectivity index (χ0) is 14.8. The Morgan fingerprint density at radius 1 is 1.15 bits per heavy atom. The van der Waals surface area contributed by atoms with E-state index in [1.54, 1.807) is 19.1 Å². The molecule has 0 spiro atoms. The largest absolute Gasteiger partial charge is 0.487 e. The number of ether oxygens (including phenoxy) is 1. The quantitative estimate of drug-likeness (QED) is 0.750. The van der Waals surface area contributed by atoms with Crippen LogP contribution in [0.4, 0.5) is 0 Å². The van der Waals surface area contributed by atoms with Gasteiger partial charge < -0.3 is 4.74 Å². The van der Waals surface area contributed by atoms with Gasteiger partial charge in [-0.2, -0.15) is 0 Å². The van der Waals surface area contributed by atoms with Crippen molar-refractivity contribution in [3.63, 3.8) is 0 Å². The fraction of sp³-hybridized carbons (Fsp3) is 0.143. The van der Waals surface area contributed by atoms with Crippen molar-refractivity contribution in [2.75, 3.05) is 0 Å². The third kappa shape index (κ3) is 3.98. The molecule has 106 valence electrons. The van der Waals surface area contributed by atoms with Crippen molar-refractivity contribution in [1.29, 1.82) is 0 Å². The highest BCUT2D eigenvalue weighted by molar-refractivity contribution is 9.10. The maximum atomic E-state index is 11.5. The standard InChI is InChI=1S/C14H12BrClO3S/c1-10-2-7-13(14(8-10)20(16,17)18)19-9-11-3-5-12(15)6-4-11/h2-8H,9H2,1H3. The Labute approximate surface area is 131 Å². The van der Waals surface area contributed by atoms with E-state index >= 15 is 0 Å². The number of benzene rings is 2. The van der Waals surface area contributed by atoms with Gasteiger partial charge in [-0.15, -0.1) is 0 Å². The van der Waals surface area contributed by atoms with Crippen molar-refractivity contribution >= 4 is 35.7 Å². The third-order valence-corrected chi connectivity index (χ3v) is 4.54. The first-order valence-electron chi connectivity index (χ1n) is 5.79. The minimum absolute atomic E-state index is 0.00345. The molecule has 6 heteroatoms. The van der Waals surface area contributed by atoms with Crippen molar-refractivity contribution in [2.45, 2.75) is 18.4 Å². The normalized spacial score (nSPS) is 11.3. The molecule has 0 aliphatic carbocycles. The molecule has 2 aromatic carbocycles. The van der Waals surface area contributed by atoms with Gasteiger partial charge >= 0.3 is 0 Å². The zero-order valence-electron chi connectivity index (χ0n) is 10.6. The van der Waals surface area contributed by atoms with E-state index in [2.05, 4.69) is 15.9 Å². The van der Waals surface area contributed by atoms with Crippen LogP contribution in [-0.2, 0) is 15.7 Å². The van der Waals surface area contributed by atoms with E-state index in [1.807, 2.05) is 24.3 Å². The molecule has 2 aromatic rings. The molecule has 3 nitrogen and oxygen atoms in total. The lowest BCUT2D eigenvalue weighted by Gasteiger charge is -2.10. The summed E-state index contributed by atoms with van der Waals surface area (Å²) in [6, 6.07) is 12.5. The molecule has 2 rings (SSSR count). The Balaban J connectivity index is 2.23. The van der Waals surface area contributed by atoms with Crippen molar-refractivity contribution in [2.24, 2.45) is 0 Å². The lowest BCUT2D eigenvalue weighted by molar-refractivity contribution is 0.298. The molecular formula is C14H12BrClO3S. The lowest BCUT2D eigenvalue weighted by atomic mass is 10.2. The Morgan fingerprint density at radius 2 is 1.80 bits per heavy atom. The van der Waals surface area contributed by atoms with Crippen LogP contribution in [0.15, 0.2) is 51.8 Å². The van der Waals surface area contributed by atoms with E-state index in [4.69, 9.17) is 15.4 Å². The fourth-order valence-electron chi connectivity index (χ4n) is 1.67. The van der Waals surface area contributed by atoms with E-state index < -0.39 is 9.05 Å². The van der Waals surface area contributed by atoms with Crippen LogP contribution in [-0.4, -0.2) is 8.42 Å². The molecule has 0 aromatic heterocycles. The molecule has 0 heterocycles. The highest BCUT2D eigenvalue weighted by atomic mass is 79.9. The molecule has 0 fully saturated rings. The van der Waals surface area contributed by atoms with Crippen LogP contribution in [0, 0.1) is 6.92 Å². The van der Waals surface area contributed by atoms with E-state index in [0.29, 0.717) is 0 Å². The Hall–Kier alpha value is -1.04. The molecule has 0 atom stereocenters. The van der Waals surface area contributed by atoms with E-state index in [-0.39, 0.29) is 17.3 Å². The van der Waals surface area contributed by atoms with Gasteiger partial charge in [0, 0.05) is 15.2 Å². The molecule has 0 aliphatic heterocycles. The molecule has 0 amide bonds. The van der Waals surface area contributed by atoms with Crippen molar-refractivity contribution in [1.82, 2.24) is 0 Å². The number of hydrogen-bond donors (Lipinski definition) is 0. The number of rotatable bonds is 4. The Kier molecular flexibility index (Phi) is 4.73. The van der Waals surface area contributed by atoms with Gasteiger partial charge in [-0.1, -0.05) is 34.1 Å². The third-order valence-electron chi connectivity index (χ3n) is 2.67. The summed E-state index contributed by atoms with van der Waals surface area (Å²) in [4.78, 5) is -0.00345. The highest BCUT2D eigenvalue weighted by Crippen LogP contribution is 2.28. The van der Waals surface area contributed by atoms with Crippen LogP contribution in [0.1, 0.15) is 11.1 Å². The van der Waals surface area contributed by atoms with Crippen LogP contribution < -0.4 is 4.74 Å². The first-order chi connectivity index (χ1) is 9.36. The topological polar surface area (TPSA) is 43.4 Å². The SMILES string of the molecule is Cc1ccc(OCc2ccc(Br)cc2)c(S(=O)(=O)Cl)c1. The minimum atomic E-state index is -3.83.